The number of nitrogens with zero attached hydrogens (tertiary/aromatic N) is 2. The molecule has 0 atom stereocenters. The number of benzene rings is 4. The van der Waals surface area contributed by atoms with Crippen molar-refractivity contribution in [3.8, 4) is 34.0 Å². The second kappa shape index (κ2) is 13.2. The number of aliphatic carboxylic acids is 1. The Morgan fingerprint density at radius 2 is 1.55 bits per heavy atom. The molecule has 0 aliphatic rings. The Bertz CT molecular complexity index is 1640. The molecular formula is C36H36N2O4. The first-order valence-corrected chi connectivity index (χ1v) is 14.3. The molecule has 0 bridgehead atoms. The monoisotopic (exact) mass is 560 g/mol. The van der Waals surface area contributed by atoms with Gasteiger partial charge in [-0.3, -0.25) is 9.48 Å². The first-order valence-electron chi connectivity index (χ1n) is 14.3. The molecule has 1 heterocycles. The minimum atomic E-state index is -0.793. The summed E-state index contributed by atoms with van der Waals surface area (Å²) < 4.78 is 14.4. The van der Waals surface area contributed by atoms with Crippen molar-refractivity contribution >= 4 is 5.97 Å². The predicted molar refractivity (Wildman–Crippen MR) is 166 cm³/mol. The van der Waals surface area contributed by atoms with Crippen molar-refractivity contribution in [2.45, 2.75) is 52.9 Å². The summed E-state index contributed by atoms with van der Waals surface area (Å²) in [4.78, 5) is 10.9. The van der Waals surface area contributed by atoms with E-state index < -0.39 is 5.97 Å². The van der Waals surface area contributed by atoms with Crippen molar-refractivity contribution in [2.24, 2.45) is 0 Å². The molecule has 1 N–H and O–H groups in total. The summed E-state index contributed by atoms with van der Waals surface area (Å²) >= 11 is 0. The first-order chi connectivity index (χ1) is 20.4. The number of carboxylic acid groups (broad SMARTS) is 1. The van der Waals surface area contributed by atoms with Gasteiger partial charge in [0, 0.05) is 17.5 Å². The molecule has 0 amide bonds. The number of ether oxygens (including phenoxy) is 2. The van der Waals surface area contributed by atoms with Gasteiger partial charge >= 0.3 is 5.97 Å². The Hall–Kier alpha value is -4.84. The molecule has 4 aromatic carbocycles. The Kier molecular flexibility index (Phi) is 9.02. The molecule has 6 heteroatoms. The molecule has 6 nitrogen and oxygen atoms in total. The maximum absolute atomic E-state index is 10.9. The third-order valence-electron chi connectivity index (χ3n) is 7.06. The summed E-state index contributed by atoms with van der Waals surface area (Å²) in [6.45, 7) is 6.97. The van der Waals surface area contributed by atoms with Gasteiger partial charge in [0.05, 0.1) is 24.0 Å². The number of hydrogen-bond donors (Lipinski definition) is 1. The molecule has 5 rings (SSSR count). The van der Waals surface area contributed by atoms with Gasteiger partial charge in [0.2, 0.25) is 0 Å². The van der Waals surface area contributed by atoms with E-state index in [0.29, 0.717) is 19.6 Å². The van der Waals surface area contributed by atoms with Crippen LogP contribution in [0.3, 0.4) is 0 Å². The van der Waals surface area contributed by atoms with Crippen LogP contribution in [-0.4, -0.2) is 27.0 Å². The van der Waals surface area contributed by atoms with Crippen LogP contribution in [0.2, 0.25) is 0 Å². The predicted octanol–water partition coefficient (Wildman–Crippen LogP) is 7.96. The lowest BCUT2D eigenvalue weighted by molar-refractivity contribution is -0.136. The highest BCUT2D eigenvalue weighted by atomic mass is 16.5. The Balaban J connectivity index is 1.39. The molecule has 0 unspecified atom stereocenters. The highest BCUT2D eigenvalue weighted by Gasteiger charge is 2.15. The second-order valence-electron chi connectivity index (χ2n) is 10.7. The maximum atomic E-state index is 10.9. The van der Waals surface area contributed by atoms with E-state index in [-0.39, 0.29) is 12.5 Å². The standard InChI is InChI=1S/C36H36N2O4/c1-25(2)42-35-21-27(24-41-32-18-16-28(26(3)20-32)17-19-36(39)40)14-15-31(35)23-38-34(30-12-8-5-9-13-30)22-33(37-38)29-10-6-4-7-11-29/h4-16,18,20-22,25H,17,19,23-24H2,1-3H3,(H,39,40). The van der Waals surface area contributed by atoms with Crippen LogP contribution in [0.25, 0.3) is 22.5 Å². The molecular weight excluding hydrogens is 524 g/mol. The molecule has 0 aliphatic carbocycles. The summed E-state index contributed by atoms with van der Waals surface area (Å²) in [5.41, 5.74) is 8.22. The lowest BCUT2D eigenvalue weighted by Gasteiger charge is -2.17. The van der Waals surface area contributed by atoms with Crippen LogP contribution in [0.5, 0.6) is 11.5 Å². The zero-order valence-corrected chi connectivity index (χ0v) is 24.3. The van der Waals surface area contributed by atoms with Gasteiger partial charge in [-0.2, -0.15) is 5.10 Å². The van der Waals surface area contributed by atoms with Crippen molar-refractivity contribution in [1.82, 2.24) is 9.78 Å². The van der Waals surface area contributed by atoms with Gasteiger partial charge in [-0.1, -0.05) is 78.9 Å². The van der Waals surface area contributed by atoms with Gasteiger partial charge in [0.15, 0.2) is 0 Å². The van der Waals surface area contributed by atoms with Crippen LogP contribution in [0.4, 0.5) is 0 Å². The van der Waals surface area contributed by atoms with E-state index >= 15 is 0 Å². The van der Waals surface area contributed by atoms with Gasteiger partial charge < -0.3 is 14.6 Å². The van der Waals surface area contributed by atoms with Gasteiger partial charge in [0.1, 0.15) is 18.1 Å². The molecule has 1 aromatic heterocycles. The molecule has 214 valence electrons. The average Bonchev–Trinajstić information content (AvgIpc) is 3.41. The number of aryl methyl sites for hydroxylation is 2. The van der Waals surface area contributed by atoms with Gasteiger partial charge in [0.25, 0.3) is 0 Å². The fraction of sp³-hybridized carbons (Fsp3) is 0.222. The normalized spacial score (nSPS) is 11.0. The van der Waals surface area contributed by atoms with Crippen LogP contribution in [0, 0.1) is 6.92 Å². The lowest BCUT2D eigenvalue weighted by atomic mass is 10.0. The Morgan fingerprint density at radius 1 is 0.857 bits per heavy atom. The molecule has 0 fully saturated rings. The summed E-state index contributed by atoms with van der Waals surface area (Å²) in [7, 11) is 0. The number of carboxylic acids is 1. The fourth-order valence-corrected chi connectivity index (χ4v) is 4.92. The van der Waals surface area contributed by atoms with Crippen molar-refractivity contribution < 1.29 is 19.4 Å². The van der Waals surface area contributed by atoms with Crippen LogP contribution in [0.15, 0.2) is 103 Å². The first kappa shape index (κ1) is 28.7. The Labute approximate surface area is 247 Å². The quantitative estimate of drug-likeness (QED) is 0.168. The number of aromatic nitrogens is 2. The topological polar surface area (TPSA) is 73.6 Å². The molecule has 5 aromatic rings. The molecule has 0 saturated heterocycles. The summed E-state index contributed by atoms with van der Waals surface area (Å²) in [5, 5.41) is 14.0. The Morgan fingerprint density at radius 3 is 2.21 bits per heavy atom. The maximum Gasteiger partial charge on any atom is 0.303 e. The third kappa shape index (κ3) is 7.26. The number of rotatable bonds is 12. The molecule has 42 heavy (non-hydrogen) atoms. The third-order valence-corrected chi connectivity index (χ3v) is 7.06. The minimum Gasteiger partial charge on any atom is -0.491 e. The van der Waals surface area contributed by atoms with Crippen molar-refractivity contribution in [3.63, 3.8) is 0 Å². The van der Waals surface area contributed by atoms with E-state index in [1.807, 2.05) is 86.1 Å². The molecule has 0 spiro atoms. The van der Waals surface area contributed by atoms with Gasteiger partial charge in [-0.25, -0.2) is 0 Å². The van der Waals surface area contributed by atoms with E-state index in [1.165, 1.54) is 0 Å². The highest BCUT2D eigenvalue weighted by Crippen LogP contribution is 2.30. The smallest absolute Gasteiger partial charge is 0.303 e. The number of carbonyl (C=O) groups is 1. The lowest BCUT2D eigenvalue weighted by Crippen LogP contribution is -2.11. The van der Waals surface area contributed by atoms with E-state index in [2.05, 4.69) is 42.5 Å². The molecule has 0 aliphatic heterocycles. The summed E-state index contributed by atoms with van der Waals surface area (Å²) in [6, 6.07) is 34.7. The summed E-state index contributed by atoms with van der Waals surface area (Å²) in [5.74, 6) is 0.764. The van der Waals surface area contributed by atoms with Gasteiger partial charge in [-0.15, -0.1) is 0 Å². The van der Waals surface area contributed by atoms with Crippen molar-refractivity contribution in [2.75, 3.05) is 0 Å². The minimum absolute atomic E-state index is 0.00649. The second-order valence-corrected chi connectivity index (χ2v) is 10.7. The number of hydrogen-bond acceptors (Lipinski definition) is 4. The van der Waals surface area contributed by atoms with Crippen LogP contribution in [0.1, 0.15) is 42.5 Å². The summed E-state index contributed by atoms with van der Waals surface area (Å²) in [6.07, 6.45) is 0.630. The van der Waals surface area contributed by atoms with Gasteiger partial charge in [-0.05, 0) is 73.7 Å². The van der Waals surface area contributed by atoms with Crippen LogP contribution in [-0.2, 0) is 24.4 Å². The van der Waals surface area contributed by atoms with E-state index in [9.17, 15) is 4.79 Å². The van der Waals surface area contributed by atoms with E-state index in [1.54, 1.807) is 0 Å². The molecule has 0 saturated carbocycles. The van der Waals surface area contributed by atoms with Crippen molar-refractivity contribution in [1.29, 1.82) is 0 Å². The zero-order chi connectivity index (χ0) is 29.5. The fourth-order valence-electron chi connectivity index (χ4n) is 4.92. The van der Waals surface area contributed by atoms with E-state index in [0.717, 1.165) is 56.3 Å². The van der Waals surface area contributed by atoms with Crippen molar-refractivity contribution in [3.05, 3.63) is 125 Å². The average molecular weight is 561 g/mol. The SMILES string of the molecule is Cc1cc(OCc2ccc(Cn3nc(-c4ccccc4)cc3-c3ccccc3)c(OC(C)C)c2)ccc1CCC(=O)O. The molecule has 0 radical (unpaired) electrons. The zero-order valence-electron chi connectivity index (χ0n) is 24.3. The van der Waals surface area contributed by atoms with E-state index in [4.69, 9.17) is 19.7 Å². The van der Waals surface area contributed by atoms with Crippen LogP contribution < -0.4 is 9.47 Å². The largest absolute Gasteiger partial charge is 0.491 e. The highest BCUT2D eigenvalue weighted by molar-refractivity contribution is 5.69. The van der Waals surface area contributed by atoms with Crippen LogP contribution >= 0.6 is 0 Å².